The van der Waals surface area contributed by atoms with Crippen molar-refractivity contribution in [1.29, 1.82) is 0 Å². The molecule has 0 amide bonds. The summed E-state index contributed by atoms with van der Waals surface area (Å²) in [6.07, 6.45) is 2.99. The molecule has 1 aromatic carbocycles. The Morgan fingerprint density at radius 3 is 2.36 bits per heavy atom. The Hall–Kier alpha value is -2.63. The Bertz CT molecular complexity index is 631. The van der Waals surface area contributed by atoms with Crippen LogP contribution in [0.1, 0.15) is 50.2 Å². The summed E-state index contributed by atoms with van der Waals surface area (Å²) in [6.45, 7) is 3.53. The largest absolute Gasteiger partial charge is 0.478 e. The van der Waals surface area contributed by atoms with Crippen LogP contribution in [0.5, 0.6) is 0 Å². The van der Waals surface area contributed by atoms with Crippen LogP contribution in [0.15, 0.2) is 42.5 Å². The van der Waals surface area contributed by atoms with Gasteiger partial charge in [0.2, 0.25) is 6.10 Å². The molecule has 2 rings (SSSR count). The van der Waals surface area contributed by atoms with E-state index in [1.807, 2.05) is 0 Å². The molecule has 25 heavy (non-hydrogen) atoms. The van der Waals surface area contributed by atoms with E-state index < -0.39 is 24.0 Å². The lowest BCUT2D eigenvalue weighted by molar-refractivity contribution is -0.162. The van der Waals surface area contributed by atoms with Gasteiger partial charge in [-0.2, -0.15) is 0 Å². The van der Waals surface area contributed by atoms with Crippen LogP contribution in [-0.4, -0.2) is 29.1 Å². The molecule has 0 saturated heterocycles. The normalized spacial score (nSPS) is 15.8. The predicted molar refractivity (Wildman–Crippen MR) is 89.6 cm³/mol. The standard InChI is InChI=1S/C19H22O6/c1-13(12-16(20)24-15-10-6-3-7-11-15)19(23)25-17(18(21)22)14-8-4-2-5-9-14/h2,4-5,8-9,15,17H,1,3,6-7,10-12H2,(H,21,22)/t17-/m1/s1. The van der Waals surface area contributed by atoms with E-state index in [9.17, 15) is 19.5 Å². The van der Waals surface area contributed by atoms with Crippen molar-refractivity contribution in [3.8, 4) is 0 Å². The highest BCUT2D eigenvalue weighted by Crippen LogP contribution is 2.22. The number of hydrogen-bond acceptors (Lipinski definition) is 5. The number of carbonyl (C=O) groups is 3. The van der Waals surface area contributed by atoms with Crippen LogP contribution in [0.4, 0.5) is 0 Å². The maximum absolute atomic E-state index is 12.1. The molecular weight excluding hydrogens is 324 g/mol. The first-order valence-electron chi connectivity index (χ1n) is 8.33. The van der Waals surface area contributed by atoms with E-state index in [0.717, 1.165) is 32.1 Å². The first-order valence-corrected chi connectivity index (χ1v) is 8.33. The van der Waals surface area contributed by atoms with Gasteiger partial charge in [-0.15, -0.1) is 0 Å². The molecule has 0 aliphatic heterocycles. The molecule has 1 atom stereocenters. The van der Waals surface area contributed by atoms with Gasteiger partial charge in [0.15, 0.2) is 0 Å². The van der Waals surface area contributed by atoms with Crippen LogP contribution < -0.4 is 0 Å². The molecule has 0 unspecified atom stereocenters. The van der Waals surface area contributed by atoms with Gasteiger partial charge in [0.05, 0.1) is 6.42 Å². The zero-order chi connectivity index (χ0) is 18.2. The monoisotopic (exact) mass is 346 g/mol. The SMILES string of the molecule is C=C(CC(=O)OC1CCCCC1)C(=O)O[C@@H](C(=O)O)c1ccccc1. The summed E-state index contributed by atoms with van der Waals surface area (Å²) in [4.78, 5) is 35.3. The molecule has 0 spiro atoms. The average molecular weight is 346 g/mol. The minimum atomic E-state index is -1.44. The van der Waals surface area contributed by atoms with Gasteiger partial charge in [-0.05, 0) is 25.7 Å². The molecule has 1 aliphatic carbocycles. The minimum Gasteiger partial charge on any atom is -0.478 e. The van der Waals surface area contributed by atoms with Crippen LogP contribution in [0.25, 0.3) is 0 Å². The quantitative estimate of drug-likeness (QED) is 0.602. The number of carboxylic acids is 1. The van der Waals surface area contributed by atoms with Gasteiger partial charge in [-0.25, -0.2) is 9.59 Å². The van der Waals surface area contributed by atoms with Gasteiger partial charge in [0.1, 0.15) is 6.10 Å². The van der Waals surface area contributed by atoms with Crippen LogP contribution in [0.3, 0.4) is 0 Å². The van der Waals surface area contributed by atoms with E-state index >= 15 is 0 Å². The fourth-order valence-electron chi connectivity index (χ4n) is 2.74. The number of benzene rings is 1. The van der Waals surface area contributed by atoms with Gasteiger partial charge in [-0.3, -0.25) is 4.79 Å². The van der Waals surface area contributed by atoms with E-state index in [0.29, 0.717) is 5.56 Å². The number of hydrogen-bond donors (Lipinski definition) is 1. The third-order valence-electron chi connectivity index (χ3n) is 4.05. The zero-order valence-corrected chi connectivity index (χ0v) is 14.0. The van der Waals surface area contributed by atoms with Crippen LogP contribution in [0, 0.1) is 0 Å². The smallest absolute Gasteiger partial charge is 0.349 e. The molecule has 1 N–H and O–H groups in total. The number of carbonyl (C=O) groups excluding carboxylic acids is 2. The van der Waals surface area contributed by atoms with E-state index in [1.165, 1.54) is 0 Å². The van der Waals surface area contributed by atoms with Crippen LogP contribution in [-0.2, 0) is 23.9 Å². The Labute approximate surface area is 146 Å². The second-order valence-corrected chi connectivity index (χ2v) is 6.06. The van der Waals surface area contributed by atoms with Gasteiger partial charge < -0.3 is 14.6 Å². The zero-order valence-electron chi connectivity index (χ0n) is 14.0. The summed E-state index contributed by atoms with van der Waals surface area (Å²) >= 11 is 0. The van der Waals surface area contributed by atoms with Crippen molar-refractivity contribution in [3.63, 3.8) is 0 Å². The summed E-state index contributed by atoms with van der Waals surface area (Å²) in [5.41, 5.74) is 0.212. The molecule has 0 radical (unpaired) electrons. The third kappa shape index (κ3) is 5.74. The molecule has 0 heterocycles. The molecular formula is C19H22O6. The molecule has 134 valence electrons. The van der Waals surface area contributed by atoms with E-state index in [2.05, 4.69) is 6.58 Å². The van der Waals surface area contributed by atoms with Crippen molar-refractivity contribution in [2.75, 3.05) is 0 Å². The number of esters is 2. The molecule has 1 fully saturated rings. The van der Waals surface area contributed by atoms with E-state index in [-0.39, 0.29) is 18.1 Å². The number of ether oxygens (including phenoxy) is 2. The molecule has 1 saturated carbocycles. The van der Waals surface area contributed by atoms with Crippen molar-refractivity contribution >= 4 is 17.9 Å². The van der Waals surface area contributed by atoms with Gasteiger partial charge in [0.25, 0.3) is 0 Å². The number of rotatable bonds is 7. The lowest BCUT2D eigenvalue weighted by Gasteiger charge is -2.22. The maximum atomic E-state index is 12.1. The molecule has 1 aliphatic rings. The van der Waals surface area contributed by atoms with Gasteiger partial charge in [-0.1, -0.05) is 43.3 Å². The van der Waals surface area contributed by atoms with Crippen molar-refractivity contribution in [2.24, 2.45) is 0 Å². The van der Waals surface area contributed by atoms with E-state index in [1.54, 1.807) is 30.3 Å². The molecule has 6 heteroatoms. The summed E-state index contributed by atoms with van der Waals surface area (Å²) in [5.74, 6) is -2.76. The maximum Gasteiger partial charge on any atom is 0.349 e. The van der Waals surface area contributed by atoms with Crippen molar-refractivity contribution in [2.45, 2.75) is 50.7 Å². The summed E-state index contributed by atoms with van der Waals surface area (Å²) in [7, 11) is 0. The molecule has 1 aromatic rings. The van der Waals surface area contributed by atoms with Gasteiger partial charge >= 0.3 is 17.9 Å². The van der Waals surface area contributed by atoms with Crippen LogP contribution >= 0.6 is 0 Å². The van der Waals surface area contributed by atoms with Gasteiger partial charge in [0, 0.05) is 11.1 Å². The summed E-state index contributed by atoms with van der Waals surface area (Å²) in [5, 5.41) is 9.26. The average Bonchev–Trinajstić information content (AvgIpc) is 2.60. The number of carboxylic acid groups (broad SMARTS) is 1. The Morgan fingerprint density at radius 1 is 1.12 bits per heavy atom. The summed E-state index contributed by atoms with van der Waals surface area (Å²) < 4.78 is 10.3. The highest BCUT2D eigenvalue weighted by atomic mass is 16.6. The second-order valence-electron chi connectivity index (χ2n) is 6.06. The highest BCUT2D eigenvalue weighted by molar-refractivity contribution is 5.94. The first kappa shape index (κ1) is 18.7. The first-order chi connectivity index (χ1) is 12.0. The number of aliphatic carboxylic acids is 1. The lowest BCUT2D eigenvalue weighted by Crippen LogP contribution is -2.24. The highest BCUT2D eigenvalue weighted by Gasteiger charge is 2.27. The predicted octanol–water partition coefficient (Wildman–Crippen LogP) is 3.18. The Balaban J connectivity index is 1.88. The van der Waals surface area contributed by atoms with Crippen molar-refractivity contribution in [3.05, 3.63) is 48.0 Å². The summed E-state index contributed by atoms with van der Waals surface area (Å²) in [6, 6.07) is 8.12. The topological polar surface area (TPSA) is 89.9 Å². The second kappa shape index (κ2) is 9.01. The minimum absolute atomic E-state index is 0.110. The lowest BCUT2D eigenvalue weighted by atomic mass is 9.98. The molecule has 0 aromatic heterocycles. The Kier molecular flexibility index (Phi) is 6.74. The Morgan fingerprint density at radius 2 is 1.76 bits per heavy atom. The fraction of sp³-hybridized carbons (Fsp3) is 0.421. The third-order valence-corrected chi connectivity index (χ3v) is 4.05. The van der Waals surface area contributed by atoms with Crippen molar-refractivity contribution in [1.82, 2.24) is 0 Å². The van der Waals surface area contributed by atoms with E-state index in [4.69, 9.17) is 9.47 Å². The fourth-order valence-corrected chi connectivity index (χ4v) is 2.74. The molecule has 6 nitrogen and oxygen atoms in total. The van der Waals surface area contributed by atoms with Crippen LogP contribution in [0.2, 0.25) is 0 Å². The van der Waals surface area contributed by atoms with Crippen molar-refractivity contribution < 1.29 is 29.0 Å². The molecule has 0 bridgehead atoms.